The molecule has 1 heterocycles. The fraction of sp³-hybridized carbons (Fsp3) is 0.462. The molecular formula is C13H16ClN3. The van der Waals surface area contributed by atoms with E-state index < -0.39 is 0 Å². The molecule has 3 nitrogen and oxygen atoms in total. The third-order valence-electron chi connectivity index (χ3n) is 3.29. The molecule has 1 aliphatic heterocycles. The second kappa shape index (κ2) is 4.57. The Labute approximate surface area is 106 Å². The van der Waals surface area contributed by atoms with Crippen LogP contribution in [0.5, 0.6) is 0 Å². The molecule has 17 heavy (non-hydrogen) atoms. The second-order valence-corrected chi connectivity index (χ2v) is 5.10. The highest BCUT2D eigenvalue weighted by molar-refractivity contribution is 6.30. The average molecular weight is 250 g/mol. The normalized spacial score (nSPS) is 27.0. The quantitative estimate of drug-likeness (QED) is 0.843. The van der Waals surface area contributed by atoms with Crippen molar-refractivity contribution in [1.82, 2.24) is 10.6 Å². The van der Waals surface area contributed by atoms with Crippen molar-refractivity contribution in [2.75, 3.05) is 13.1 Å². The number of hydrogen-bond donors (Lipinski definition) is 2. The molecule has 1 aromatic carbocycles. The highest BCUT2D eigenvalue weighted by atomic mass is 35.5. The topological polar surface area (TPSA) is 36.4 Å². The monoisotopic (exact) mass is 249 g/mol. The highest BCUT2D eigenvalue weighted by Crippen LogP contribution is 2.41. The SMILES string of the molecule is Clc1cccc([C@@H]2C[C@H]2NC2=NCCCN2)c1. The first-order valence-corrected chi connectivity index (χ1v) is 6.51. The van der Waals surface area contributed by atoms with E-state index in [4.69, 9.17) is 11.6 Å². The number of nitrogens with zero attached hydrogens (tertiary/aromatic N) is 1. The van der Waals surface area contributed by atoms with Crippen LogP contribution >= 0.6 is 11.6 Å². The zero-order chi connectivity index (χ0) is 11.7. The summed E-state index contributed by atoms with van der Waals surface area (Å²) in [6.07, 6.45) is 2.30. The van der Waals surface area contributed by atoms with Gasteiger partial charge in [0.25, 0.3) is 0 Å². The Bertz CT molecular complexity index is 444. The first-order chi connectivity index (χ1) is 8.33. The van der Waals surface area contributed by atoms with Gasteiger partial charge < -0.3 is 10.6 Å². The number of nitrogens with one attached hydrogen (secondary N) is 2. The smallest absolute Gasteiger partial charge is 0.191 e. The van der Waals surface area contributed by atoms with E-state index in [0.29, 0.717) is 12.0 Å². The van der Waals surface area contributed by atoms with E-state index in [1.54, 1.807) is 0 Å². The Balaban J connectivity index is 1.61. The van der Waals surface area contributed by atoms with Crippen molar-refractivity contribution in [3.05, 3.63) is 34.9 Å². The van der Waals surface area contributed by atoms with Crippen molar-refractivity contribution in [1.29, 1.82) is 0 Å². The maximum absolute atomic E-state index is 6.00. The van der Waals surface area contributed by atoms with E-state index >= 15 is 0 Å². The van der Waals surface area contributed by atoms with Crippen molar-refractivity contribution < 1.29 is 0 Å². The molecule has 0 unspecified atom stereocenters. The standard InChI is InChI=1S/C13H16ClN3/c14-10-4-1-3-9(7-10)11-8-12(11)17-13-15-5-2-6-16-13/h1,3-4,7,11-12H,2,5-6,8H2,(H2,15,16,17)/t11-,12+/m0/s1. The van der Waals surface area contributed by atoms with Gasteiger partial charge in [-0.1, -0.05) is 23.7 Å². The van der Waals surface area contributed by atoms with Gasteiger partial charge in [-0.05, 0) is 30.5 Å². The van der Waals surface area contributed by atoms with Crippen LogP contribution in [0.2, 0.25) is 5.02 Å². The highest BCUT2D eigenvalue weighted by Gasteiger charge is 2.39. The van der Waals surface area contributed by atoms with E-state index in [9.17, 15) is 0 Å². The number of halogens is 1. The van der Waals surface area contributed by atoms with E-state index in [1.165, 1.54) is 12.0 Å². The van der Waals surface area contributed by atoms with Crippen LogP contribution in [0.25, 0.3) is 0 Å². The Hall–Kier alpha value is -1.22. The van der Waals surface area contributed by atoms with Crippen LogP contribution < -0.4 is 10.6 Å². The van der Waals surface area contributed by atoms with Crippen molar-refractivity contribution in [3.63, 3.8) is 0 Å². The summed E-state index contributed by atoms with van der Waals surface area (Å²) in [6.45, 7) is 1.96. The van der Waals surface area contributed by atoms with Crippen molar-refractivity contribution in [3.8, 4) is 0 Å². The minimum Gasteiger partial charge on any atom is -0.356 e. The van der Waals surface area contributed by atoms with E-state index in [0.717, 1.165) is 30.5 Å². The van der Waals surface area contributed by atoms with Crippen LogP contribution in [-0.4, -0.2) is 25.1 Å². The summed E-state index contributed by atoms with van der Waals surface area (Å²) in [5, 5.41) is 7.56. The molecular weight excluding hydrogens is 234 g/mol. The summed E-state index contributed by atoms with van der Waals surface area (Å²) in [5.41, 5.74) is 1.33. The van der Waals surface area contributed by atoms with Gasteiger partial charge in [-0.25, -0.2) is 0 Å². The lowest BCUT2D eigenvalue weighted by Gasteiger charge is -2.16. The van der Waals surface area contributed by atoms with Crippen LogP contribution in [0.1, 0.15) is 24.3 Å². The van der Waals surface area contributed by atoms with Gasteiger partial charge in [-0.3, -0.25) is 4.99 Å². The van der Waals surface area contributed by atoms with Gasteiger partial charge in [0.05, 0.1) is 0 Å². The number of guanidine groups is 1. The first kappa shape index (κ1) is 10.9. The van der Waals surface area contributed by atoms with Gasteiger partial charge in [-0.15, -0.1) is 0 Å². The molecule has 2 atom stereocenters. The van der Waals surface area contributed by atoms with Gasteiger partial charge in [-0.2, -0.15) is 0 Å². The van der Waals surface area contributed by atoms with Crippen LogP contribution in [-0.2, 0) is 0 Å². The fourth-order valence-corrected chi connectivity index (χ4v) is 2.46. The molecule has 1 saturated carbocycles. The minimum atomic E-state index is 0.512. The van der Waals surface area contributed by atoms with Gasteiger partial charge in [0, 0.05) is 30.1 Å². The van der Waals surface area contributed by atoms with Gasteiger partial charge in [0.2, 0.25) is 0 Å². The third-order valence-corrected chi connectivity index (χ3v) is 3.52. The zero-order valence-electron chi connectivity index (χ0n) is 9.62. The van der Waals surface area contributed by atoms with E-state index in [-0.39, 0.29) is 0 Å². The number of hydrogen-bond acceptors (Lipinski definition) is 3. The minimum absolute atomic E-state index is 0.512. The number of rotatable bonds is 2. The summed E-state index contributed by atoms with van der Waals surface area (Å²) in [6, 6.07) is 8.66. The second-order valence-electron chi connectivity index (χ2n) is 4.66. The number of aliphatic imine (C=N–C) groups is 1. The Morgan fingerprint density at radius 3 is 3.12 bits per heavy atom. The van der Waals surface area contributed by atoms with Crippen molar-refractivity contribution in [2.45, 2.75) is 24.8 Å². The molecule has 3 rings (SSSR count). The summed E-state index contributed by atoms with van der Waals surface area (Å²) in [4.78, 5) is 4.42. The van der Waals surface area contributed by atoms with Crippen LogP contribution in [0.4, 0.5) is 0 Å². The predicted molar refractivity (Wildman–Crippen MR) is 70.7 cm³/mol. The number of benzene rings is 1. The fourth-order valence-electron chi connectivity index (χ4n) is 2.27. The first-order valence-electron chi connectivity index (χ1n) is 6.13. The molecule has 90 valence electrons. The van der Waals surface area contributed by atoms with Crippen LogP contribution in [0.15, 0.2) is 29.3 Å². The predicted octanol–water partition coefficient (Wildman–Crippen LogP) is 2.13. The maximum Gasteiger partial charge on any atom is 0.191 e. The summed E-state index contributed by atoms with van der Waals surface area (Å²) >= 11 is 6.00. The lowest BCUT2D eigenvalue weighted by Crippen LogP contribution is -2.42. The van der Waals surface area contributed by atoms with E-state index in [2.05, 4.69) is 27.8 Å². The molecule has 0 saturated heterocycles. The average Bonchev–Trinajstić information content (AvgIpc) is 3.10. The lowest BCUT2D eigenvalue weighted by molar-refractivity contribution is 0.696. The molecule has 0 radical (unpaired) electrons. The van der Waals surface area contributed by atoms with Crippen LogP contribution in [0, 0.1) is 0 Å². The lowest BCUT2D eigenvalue weighted by atomic mass is 10.1. The molecule has 0 spiro atoms. The molecule has 0 aromatic heterocycles. The summed E-state index contributed by atoms with van der Waals surface area (Å²) in [7, 11) is 0. The Morgan fingerprint density at radius 1 is 1.41 bits per heavy atom. The summed E-state index contributed by atoms with van der Waals surface area (Å²) in [5.74, 6) is 1.55. The molecule has 0 amide bonds. The third kappa shape index (κ3) is 2.55. The Kier molecular flexibility index (Phi) is 2.93. The van der Waals surface area contributed by atoms with Gasteiger partial charge >= 0.3 is 0 Å². The maximum atomic E-state index is 6.00. The van der Waals surface area contributed by atoms with Gasteiger partial charge in [0.1, 0.15) is 0 Å². The van der Waals surface area contributed by atoms with Crippen LogP contribution in [0.3, 0.4) is 0 Å². The zero-order valence-corrected chi connectivity index (χ0v) is 10.4. The molecule has 4 heteroatoms. The largest absolute Gasteiger partial charge is 0.356 e. The Morgan fingerprint density at radius 2 is 2.35 bits per heavy atom. The van der Waals surface area contributed by atoms with E-state index in [1.807, 2.05) is 12.1 Å². The van der Waals surface area contributed by atoms with Crippen molar-refractivity contribution in [2.24, 2.45) is 4.99 Å². The molecule has 0 bridgehead atoms. The molecule has 2 aliphatic rings. The molecule has 2 N–H and O–H groups in total. The molecule has 1 aliphatic carbocycles. The molecule has 1 aromatic rings. The summed E-state index contributed by atoms with van der Waals surface area (Å²) < 4.78 is 0. The molecule has 1 fully saturated rings. The van der Waals surface area contributed by atoms with Crippen molar-refractivity contribution >= 4 is 17.6 Å². The van der Waals surface area contributed by atoms with Gasteiger partial charge in [0.15, 0.2) is 5.96 Å².